The number of primary amides is 2. The van der Waals surface area contributed by atoms with Crippen molar-refractivity contribution in [3.63, 3.8) is 0 Å². The normalized spacial score (nSPS) is 17.8. The minimum Gasteiger partial charge on any atom is -0.368 e. The van der Waals surface area contributed by atoms with Crippen LogP contribution in [0.4, 0.5) is 11.5 Å². The molecule has 170 valence electrons. The Bertz CT molecular complexity index is 1000. The number of benzene rings is 1. The van der Waals surface area contributed by atoms with E-state index in [0.717, 1.165) is 24.9 Å². The van der Waals surface area contributed by atoms with Gasteiger partial charge in [-0.1, -0.05) is 19.3 Å². The molecule has 1 aliphatic carbocycles. The van der Waals surface area contributed by atoms with Gasteiger partial charge in [-0.15, -0.1) is 0 Å². The van der Waals surface area contributed by atoms with Crippen molar-refractivity contribution in [3.05, 3.63) is 35.5 Å². The highest BCUT2D eigenvalue weighted by atomic mass is 16.1. The number of nitrogens with two attached hydrogens (primary N) is 2. The number of rotatable bonds is 6. The highest BCUT2D eigenvalue weighted by molar-refractivity contribution is 5.92. The smallest absolute Gasteiger partial charge is 0.267 e. The van der Waals surface area contributed by atoms with Crippen LogP contribution in [0.15, 0.2) is 24.3 Å². The maximum atomic E-state index is 11.9. The Kier molecular flexibility index (Phi) is 6.58. The quantitative estimate of drug-likeness (QED) is 0.639. The number of hydrogen-bond donors (Lipinski definition) is 3. The van der Waals surface area contributed by atoms with Crippen LogP contribution in [0.2, 0.25) is 0 Å². The lowest BCUT2D eigenvalue weighted by molar-refractivity contribution is -0.118. The molecular weight excluding hydrogens is 404 g/mol. The molecule has 4 rings (SSSR count). The lowest BCUT2D eigenvalue weighted by Gasteiger charge is -2.36. The zero-order chi connectivity index (χ0) is 22.7. The van der Waals surface area contributed by atoms with E-state index in [0.29, 0.717) is 17.7 Å². The van der Waals surface area contributed by atoms with E-state index < -0.39 is 17.9 Å². The first-order chi connectivity index (χ1) is 15.4. The molecule has 2 amide bonds. The molecule has 1 aromatic carbocycles. The number of fused-ring (bicyclic) bond motifs is 1. The lowest BCUT2D eigenvalue weighted by Crippen LogP contribution is -2.37. The molecule has 8 heteroatoms. The minimum atomic E-state index is -0.651. The monoisotopic (exact) mass is 436 g/mol. The Labute approximate surface area is 188 Å². The van der Waals surface area contributed by atoms with Crippen LogP contribution in [0.5, 0.6) is 0 Å². The number of aryl methyl sites for hydroxylation is 1. The van der Waals surface area contributed by atoms with Crippen molar-refractivity contribution in [3.8, 4) is 11.4 Å². The second-order valence-corrected chi connectivity index (χ2v) is 8.88. The summed E-state index contributed by atoms with van der Waals surface area (Å²) in [4.78, 5) is 34.8. The molecule has 5 N–H and O–H groups in total. The fourth-order valence-electron chi connectivity index (χ4n) is 4.76. The number of carbonyl (C=O) groups excluding carboxylic acids is 2. The summed E-state index contributed by atoms with van der Waals surface area (Å²) < 4.78 is 0. The van der Waals surface area contributed by atoms with Crippen molar-refractivity contribution in [2.45, 2.75) is 70.4 Å². The minimum absolute atomic E-state index is 0.0907. The summed E-state index contributed by atoms with van der Waals surface area (Å²) in [5.41, 5.74) is 14.4. The Morgan fingerprint density at radius 3 is 2.56 bits per heavy atom. The molecule has 2 heterocycles. The predicted octanol–water partition coefficient (Wildman–Crippen LogP) is 3.00. The predicted molar refractivity (Wildman–Crippen MR) is 125 cm³/mol. The third-order valence-electron chi connectivity index (χ3n) is 6.53. The number of carbonyl (C=O) groups is 2. The number of nitrogens with one attached hydrogen (secondary N) is 1. The summed E-state index contributed by atoms with van der Waals surface area (Å²) in [5.74, 6) is -0.425. The molecule has 0 radical (unpaired) electrons. The summed E-state index contributed by atoms with van der Waals surface area (Å²) in [6.45, 7) is 2.74. The average molecular weight is 437 g/mol. The van der Waals surface area contributed by atoms with Gasteiger partial charge in [0.25, 0.3) is 5.91 Å². The Hall–Kier alpha value is -3.16. The molecule has 1 aromatic heterocycles. The molecule has 32 heavy (non-hydrogen) atoms. The molecular formula is C24H32N6O2. The van der Waals surface area contributed by atoms with Gasteiger partial charge >= 0.3 is 0 Å². The molecule has 1 aliphatic heterocycles. The average Bonchev–Trinajstić information content (AvgIpc) is 3.01. The second kappa shape index (κ2) is 9.54. The molecule has 1 unspecified atom stereocenters. The van der Waals surface area contributed by atoms with Crippen LogP contribution >= 0.6 is 0 Å². The molecule has 1 fully saturated rings. The molecule has 2 aliphatic rings. The van der Waals surface area contributed by atoms with E-state index in [-0.39, 0.29) is 5.69 Å². The fraction of sp³-hybridized carbons (Fsp3) is 0.500. The van der Waals surface area contributed by atoms with Gasteiger partial charge in [0, 0.05) is 29.9 Å². The third kappa shape index (κ3) is 4.84. The van der Waals surface area contributed by atoms with Crippen LogP contribution < -0.4 is 21.7 Å². The first kappa shape index (κ1) is 22.0. The summed E-state index contributed by atoms with van der Waals surface area (Å²) in [5, 5.41) is 2.93. The van der Waals surface area contributed by atoms with E-state index in [1.54, 1.807) is 6.92 Å². The Morgan fingerprint density at radius 2 is 1.84 bits per heavy atom. The van der Waals surface area contributed by atoms with Crippen LogP contribution in [0, 0.1) is 0 Å². The molecule has 8 nitrogen and oxygen atoms in total. The van der Waals surface area contributed by atoms with Gasteiger partial charge in [-0.05, 0) is 62.8 Å². The topological polar surface area (TPSA) is 127 Å². The van der Waals surface area contributed by atoms with Crippen LogP contribution in [-0.2, 0) is 11.2 Å². The molecule has 0 spiro atoms. The van der Waals surface area contributed by atoms with Crippen molar-refractivity contribution >= 4 is 23.3 Å². The van der Waals surface area contributed by atoms with Crippen LogP contribution in [0.1, 0.15) is 67.9 Å². The second-order valence-electron chi connectivity index (χ2n) is 8.88. The van der Waals surface area contributed by atoms with Crippen molar-refractivity contribution in [2.24, 2.45) is 11.5 Å². The number of amides is 2. The van der Waals surface area contributed by atoms with E-state index in [4.69, 9.17) is 11.5 Å². The Morgan fingerprint density at radius 1 is 1.06 bits per heavy atom. The van der Waals surface area contributed by atoms with E-state index in [1.165, 1.54) is 55.8 Å². The van der Waals surface area contributed by atoms with E-state index >= 15 is 0 Å². The SMILES string of the molecule is CC(Nc1cc(C(N)=O)nc(-c2ccc3c(c2)CCCCN3C2CCCCC2)n1)C(N)=O. The highest BCUT2D eigenvalue weighted by Crippen LogP contribution is 2.35. The van der Waals surface area contributed by atoms with E-state index in [9.17, 15) is 9.59 Å². The van der Waals surface area contributed by atoms with Crippen molar-refractivity contribution in [1.29, 1.82) is 0 Å². The van der Waals surface area contributed by atoms with Gasteiger partial charge < -0.3 is 21.7 Å². The standard InChI is InChI=1S/C24H32N6O2/c1-15(22(25)31)27-21-14-19(23(26)32)28-24(29-21)17-10-11-20-16(13-17)7-5-6-12-30(20)18-8-3-2-4-9-18/h10-11,13-15,18H,2-9,12H2,1H3,(H2,25,31)(H2,26,32)(H,27,28,29). The van der Waals surface area contributed by atoms with Gasteiger partial charge in [-0.25, -0.2) is 9.97 Å². The van der Waals surface area contributed by atoms with Crippen molar-refractivity contribution in [2.75, 3.05) is 16.8 Å². The molecule has 2 aromatic rings. The largest absolute Gasteiger partial charge is 0.368 e. The number of aromatic nitrogens is 2. The van der Waals surface area contributed by atoms with Gasteiger partial charge in [0.15, 0.2) is 5.82 Å². The van der Waals surface area contributed by atoms with Crippen LogP contribution in [0.25, 0.3) is 11.4 Å². The van der Waals surface area contributed by atoms with Gasteiger partial charge in [0.1, 0.15) is 17.6 Å². The summed E-state index contributed by atoms with van der Waals surface area (Å²) >= 11 is 0. The molecule has 1 saturated carbocycles. The molecule has 0 saturated heterocycles. The lowest BCUT2D eigenvalue weighted by atomic mass is 9.93. The molecule has 1 atom stereocenters. The number of hydrogen-bond acceptors (Lipinski definition) is 6. The van der Waals surface area contributed by atoms with Gasteiger partial charge in [0.2, 0.25) is 5.91 Å². The van der Waals surface area contributed by atoms with E-state index in [2.05, 4.69) is 32.3 Å². The van der Waals surface area contributed by atoms with Crippen molar-refractivity contribution < 1.29 is 9.59 Å². The molecule has 0 bridgehead atoms. The Balaban J connectivity index is 1.69. The maximum absolute atomic E-state index is 11.9. The summed E-state index contributed by atoms with van der Waals surface area (Å²) in [7, 11) is 0. The number of anilines is 2. The van der Waals surface area contributed by atoms with Crippen LogP contribution in [-0.4, -0.2) is 40.4 Å². The van der Waals surface area contributed by atoms with Crippen molar-refractivity contribution in [1.82, 2.24) is 9.97 Å². The first-order valence-electron chi connectivity index (χ1n) is 11.6. The summed E-state index contributed by atoms with van der Waals surface area (Å²) in [6.07, 6.45) is 9.82. The van der Waals surface area contributed by atoms with E-state index in [1.807, 2.05) is 6.07 Å². The summed E-state index contributed by atoms with van der Waals surface area (Å²) in [6, 6.07) is 7.74. The zero-order valence-corrected chi connectivity index (χ0v) is 18.6. The highest BCUT2D eigenvalue weighted by Gasteiger charge is 2.25. The first-order valence-corrected chi connectivity index (χ1v) is 11.6. The zero-order valence-electron chi connectivity index (χ0n) is 18.6. The van der Waals surface area contributed by atoms with Gasteiger partial charge in [-0.3, -0.25) is 9.59 Å². The van der Waals surface area contributed by atoms with Gasteiger partial charge in [0.05, 0.1) is 0 Å². The fourth-order valence-corrected chi connectivity index (χ4v) is 4.76. The maximum Gasteiger partial charge on any atom is 0.267 e. The third-order valence-corrected chi connectivity index (χ3v) is 6.53. The van der Waals surface area contributed by atoms with Gasteiger partial charge in [-0.2, -0.15) is 0 Å². The van der Waals surface area contributed by atoms with Crippen LogP contribution in [0.3, 0.4) is 0 Å². The number of nitrogens with zero attached hydrogens (tertiary/aromatic N) is 3.